The second-order valence-electron chi connectivity index (χ2n) is 5.15. The molecule has 24 heavy (non-hydrogen) atoms. The van der Waals surface area contributed by atoms with E-state index in [4.69, 9.17) is 11.6 Å². The van der Waals surface area contributed by atoms with Crippen LogP contribution in [0.5, 0.6) is 0 Å². The van der Waals surface area contributed by atoms with Gasteiger partial charge in [0.1, 0.15) is 0 Å². The van der Waals surface area contributed by atoms with Crippen LogP contribution in [0.4, 0.5) is 0 Å². The predicted molar refractivity (Wildman–Crippen MR) is 111 cm³/mol. The Balaban J connectivity index is 0.00000529. The molecule has 1 rings (SSSR count). The second-order valence-corrected chi connectivity index (χ2v) is 7.68. The zero-order valence-electron chi connectivity index (χ0n) is 14.5. The topological polar surface area (TPSA) is 78.7 Å². The van der Waals surface area contributed by atoms with Crippen molar-refractivity contribution in [3.8, 4) is 0 Å². The van der Waals surface area contributed by atoms with E-state index in [9.17, 15) is 8.42 Å². The molecule has 2 N–H and O–H groups in total. The van der Waals surface area contributed by atoms with Crippen LogP contribution in [0, 0.1) is 0 Å². The highest BCUT2D eigenvalue weighted by Crippen LogP contribution is 2.14. The molecule has 0 radical (unpaired) electrons. The number of aromatic nitrogens is 1. The minimum atomic E-state index is -3.17. The first kappa shape index (κ1) is 23.5. The van der Waals surface area contributed by atoms with Crippen molar-refractivity contribution in [3.05, 3.63) is 23.0 Å². The van der Waals surface area contributed by atoms with Crippen molar-refractivity contribution >= 4 is 51.6 Å². The molecular formula is C14H27ClIN5O2S. The van der Waals surface area contributed by atoms with Crippen LogP contribution in [0.15, 0.2) is 17.3 Å². The SMILES string of the molecule is CCNC(=NCCNS(=O)(=O)CC)N(C)Cc1cc(Cl)cn1C.I. The van der Waals surface area contributed by atoms with Crippen molar-refractivity contribution in [2.75, 3.05) is 32.4 Å². The normalized spacial score (nSPS) is 12.0. The van der Waals surface area contributed by atoms with Crippen molar-refractivity contribution in [3.63, 3.8) is 0 Å². The predicted octanol–water partition coefficient (Wildman–Crippen LogP) is 1.63. The number of aliphatic imine (C=N–C) groups is 1. The highest BCUT2D eigenvalue weighted by Gasteiger charge is 2.10. The van der Waals surface area contributed by atoms with Gasteiger partial charge in [-0.3, -0.25) is 4.99 Å². The lowest BCUT2D eigenvalue weighted by Crippen LogP contribution is -2.39. The van der Waals surface area contributed by atoms with Gasteiger partial charge in [-0.25, -0.2) is 13.1 Å². The number of nitrogens with one attached hydrogen (secondary N) is 2. The molecule has 0 atom stereocenters. The molecule has 0 spiro atoms. The van der Waals surface area contributed by atoms with Crippen molar-refractivity contribution in [2.45, 2.75) is 20.4 Å². The summed E-state index contributed by atoms with van der Waals surface area (Å²) < 4.78 is 27.2. The Morgan fingerprint density at radius 3 is 2.58 bits per heavy atom. The summed E-state index contributed by atoms with van der Waals surface area (Å²) >= 11 is 6.00. The van der Waals surface area contributed by atoms with E-state index in [-0.39, 0.29) is 36.3 Å². The summed E-state index contributed by atoms with van der Waals surface area (Å²) in [5.41, 5.74) is 1.06. The maximum atomic E-state index is 11.4. The molecule has 1 aromatic rings. The van der Waals surface area contributed by atoms with Crippen molar-refractivity contribution in [1.29, 1.82) is 0 Å². The van der Waals surface area contributed by atoms with Crippen LogP contribution in [0.3, 0.4) is 0 Å². The molecule has 7 nitrogen and oxygen atoms in total. The molecule has 0 aliphatic rings. The van der Waals surface area contributed by atoms with Gasteiger partial charge in [0.2, 0.25) is 10.0 Å². The molecule has 140 valence electrons. The van der Waals surface area contributed by atoms with E-state index in [2.05, 4.69) is 15.0 Å². The van der Waals surface area contributed by atoms with Gasteiger partial charge in [-0.2, -0.15) is 0 Å². The second kappa shape index (κ2) is 11.2. The Morgan fingerprint density at radius 2 is 2.08 bits per heavy atom. The van der Waals surface area contributed by atoms with E-state index in [1.807, 2.05) is 42.7 Å². The van der Waals surface area contributed by atoms with Crippen LogP contribution in [0.2, 0.25) is 5.02 Å². The number of hydrogen-bond acceptors (Lipinski definition) is 3. The molecule has 10 heteroatoms. The monoisotopic (exact) mass is 491 g/mol. The number of rotatable bonds is 8. The van der Waals surface area contributed by atoms with Crippen molar-refractivity contribution in [2.24, 2.45) is 12.0 Å². The fourth-order valence-electron chi connectivity index (χ4n) is 1.98. The van der Waals surface area contributed by atoms with E-state index >= 15 is 0 Å². The Morgan fingerprint density at radius 1 is 1.42 bits per heavy atom. The first-order valence-corrected chi connectivity index (χ1v) is 9.59. The van der Waals surface area contributed by atoms with Gasteiger partial charge in [0, 0.05) is 39.1 Å². The van der Waals surface area contributed by atoms with E-state index < -0.39 is 10.0 Å². The molecular weight excluding hydrogens is 465 g/mol. The van der Waals surface area contributed by atoms with Crippen molar-refractivity contribution in [1.82, 2.24) is 19.5 Å². The minimum Gasteiger partial charge on any atom is -0.357 e. The first-order valence-electron chi connectivity index (χ1n) is 7.56. The molecule has 0 saturated carbocycles. The average molecular weight is 492 g/mol. The highest BCUT2D eigenvalue weighted by molar-refractivity contribution is 14.0. The van der Waals surface area contributed by atoms with Gasteiger partial charge >= 0.3 is 0 Å². The number of halogens is 2. The van der Waals surface area contributed by atoms with Crippen LogP contribution < -0.4 is 10.0 Å². The summed E-state index contributed by atoms with van der Waals surface area (Å²) in [6.45, 7) is 5.64. The number of aryl methyl sites for hydroxylation is 1. The third kappa shape index (κ3) is 8.04. The molecule has 0 aliphatic carbocycles. The highest BCUT2D eigenvalue weighted by atomic mass is 127. The van der Waals surface area contributed by atoms with Gasteiger partial charge in [-0.05, 0) is 19.9 Å². The zero-order valence-corrected chi connectivity index (χ0v) is 18.4. The quantitative estimate of drug-likeness (QED) is 0.251. The van der Waals surface area contributed by atoms with Crippen molar-refractivity contribution < 1.29 is 8.42 Å². The van der Waals surface area contributed by atoms with Gasteiger partial charge < -0.3 is 14.8 Å². The summed E-state index contributed by atoms with van der Waals surface area (Å²) in [6.07, 6.45) is 1.86. The molecule has 0 aliphatic heterocycles. The van der Waals surface area contributed by atoms with E-state index in [0.717, 1.165) is 18.2 Å². The summed E-state index contributed by atoms with van der Waals surface area (Å²) in [5, 5.41) is 3.90. The van der Waals surface area contributed by atoms with Crippen LogP contribution in [-0.2, 0) is 23.6 Å². The van der Waals surface area contributed by atoms with Gasteiger partial charge in [0.25, 0.3) is 0 Å². The lowest BCUT2D eigenvalue weighted by Gasteiger charge is -2.22. The summed E-state index contributed by atoms with van der Waals surface area (Å²) in [5.74, 6) is 0.797. The van der Waals surface area contributed by atoms with Gasteiger partial charge in [-0.15, -0.1) is 24.0 Å². The fraction of sp³-hybridized carbons (Fsp3) is 0.643. The standard InChI is InChI=1S/C14H26ClN5O2S.HI/c1-5-16-14(17-7-8-18-23(21,22)6-2)20(4)11-13-9-12(15)10-19(13)3;/h9-10,18H,5-8,11H2,1-4H3,(H,16,17);1H. The zero-order chi connectivity index (χ0) is 17.5. The Bertz CT molecular complexity index is 633. The lowest BCUT2D eigenvalue weighted by molar-refractivity contribution is 0.462. The van der Waals surface area contributed by atoms with E-state index in [0.29, 0.717) is 18.1 Å². The third-order valence-electron chi connectivity index (χ3n) is 3.25. The average Bonchev–Trinajstić information content (AvgIpc) is 2.80. The maximum Gasteiger partial charge on any atom is 0.211 e. The number of sulfonamides is 1. The maximum absolute atomic E-state index is 11.4. The smallest absolute Gasteiger partial charge is 0.211 e. The lowest BCUT2D eigenvalue weighted by atomic mass is 10.4. The molecule has 0 bridgehead atoms. The van der Waals surface area contributed by atoms with Crippen LogP contribution >= 0.6 is 35.6 Å². The summed E-state index contributed by atoms with van der Waals surface area (Å²) in [7, 11) is 0.700. The fourth-order valence-corrected chi connectivity index (χ4v) is 2.85. The summed E-state index contributed by atoms with van der Waals surface area (Å²) in [6, 6.07) is 1.91. The van der Waals surface area contributed by atoms with Crippen LogP contribution in [0.1, 0.15) is 19.5 Å². The summed E-state index contributed by atoms with van der Waals surface area (Å²) in [4.78, 5) is 6.42. The molecule has 0 amide bonds. The van der Waals surface area contributed by atoms with E-state index in [1.165, 1.54) is 0 Å². The Hall–Kier alpha value is -0.520. The van der Waals surface area contributed by atoms with Crippen LogP contribution in [0.25, 0.3) is 0 Å². The largest absolute Gasteiger partial charge is 0.357 e. The van der Waals surface area contributed by atoms with Gasteiger partial charge in [0.05, 0.1) is 23.9 Å². The molecule has 1 heterocycles. The van der Waals surface area contributed by atoms with Gasteiger partial charge in [-0.1, -0.05) is 11.6 Å². The molecule has 0 unspecified atom stereocenters. The Labute approximate surface area is 166 Å². The Kier molecular flexibility index (Phi) is 10.9. The third-order valence-corrected chi connectivity index (χ3v) is 4.86. The number of guanidine groups is 1. The number of hydrogen-bond donors (Lipinski definition) is 2. The number of nitrogens with zero attached hydrogens (tertiary/aromatic N) is 3. The van der Waals surface area contributed by atoms with Gasteiger partial charge in [0.15, 0.2) is 5.96 Å². The minimum absolute atomic E-state index is 0. The van der Waals surface area contributed by atoms with E-state index in [1.54, 1.807) is 6.92 Å². The van der Waals surface area contributed by atoms with Crippen LogP contribution in [-0.4, -0.2) is 56.3 Å². The molecule has 0 saturated heterocycles. The first-order chi connectivity index (χ1) is 10.8. The molecule has 0 aromatic carbocycles. The molecule has 1 aromatic heterocycles. The molecule has 0 fully saturated rings.